The molecule has 0 saturated carbocycles. The molecule has 0 aliphatic carbocycles. The summed E-state index contributed by atoms with van der Waals surface area (Å²) in [6.45, 7) is 0.675. The van der Waals surface area contributed by atoms with Crippen LogP contribution in [0.25, 0.3) is 0 Å². The number of thiocarbonyl (C=S) groups is 1. The molecule has 4 nitrogen and oxygen atoms in total. The minimum atomic E-state index is -0.490. The second kappa shape index (κ2) is 6.37. The van der Waals surface area contributed by atoms with Crippen LogP contribution in [-0.2, 0) is 4.79 Å². The summed E-state index contributed by atoms with van der Waals surface area (Å²) in [6, 6.07) is 3.86. The molecule has 0 spiro atoms. The van der Waals surface area contributed by atoms with Crippen LogP contribution in [0.2, 0.25) is 5.02 Å². The first kappa shape index (κ1) is 15.0. The first-order valence-corrected chi connectivity index (χ1v) is 7.09. The molecule has 0 aromatic heterocycles. The largest absolute Gasteiger partial charge is 0.368 e. The van der Waals surface area contributed by atoms with Gasteiger partial charge >= 0.3 is 0 Å². The number of carbonyl (C=O) groups is 1. The van der Waals surface area contributed by atoms with E-state index in [2.05, 4.69) is 5.32 Å². The van der Waals surface area contributed by atoms with E-state index in [-0.39, 0.29) is 17.0 Å². The Morgan fingerprint density at radius 1 is 1.50 bits per heavy atom. The maximum atomic E-state index is 13.1. The predicted molar refractivity (Wildman–Crippen MR) is 81.2 cm³/mol. The molecular weight excluding hydrogens is 301 g/mol. The second-order valence-electron chi connectivity index (χ2n) is 4.67. The van der Waals surface area contributed by atoms with E-state index in [0.717, 1.165) is 12.8 Å². The van der Waals surface area contributed by atoms with E-state index < -0.39 is 5.82 Å². The number of benzene rings is 1. The van der Waals surface area contributed by atoms with E-state index in [1.54, 1.807) is 4.90 Å². The SMILES string of the molecule is NC(=O)[C@@H]1CCCCN1C(=S)Nc1ccc(F)c(Cl)c1. The van der Waals surface area contributed by atoms with Gasteiger partial charge in [0.2, 0.25) is 5.91 Å². The molecule has 3 N–H and O–H groups in total. The number of likely N-dealkylation sites (tertiary alicyclic amines) is 1. The number of carbonyl (C=O) groups excluding carboxylic acids is 1. The maximum absolute atomic E-state index is 13.1. The van der Waals surface area contributed by atoms with Crippen molar-refractivity contribution in [1.82, 2.24) is 4.90 Å². The van der Waals surface area contributed by atoms with Crippen LogP contribution in [0.5, 0.6) is 0 Å². The molecule has 1 heterocycles. The molecular formula is C13H15ClFN3OS. The number of nitrogens with zero attached hydrogens (tertiary/aromatic N) is 1. The Bertz CT molecular complexity index is 540. The molecule has 1 aliphatic heterocycles. The highest BCUT2D eigenvalue weighted by atomic mass is 35.5. The molecule has 1 saturated heterocycles. The fraction of sp³-hybridized carbons (Fsp3) is 0.385. The van der Waals surface area contributed by atoms with Crippen molar-refractivity contribution in [3.8, 4) is 0 Å². The van der Waals surface area contributed by atoms with Gasteiger partial charge in [-0.25, -0.2) is 4.39 Å². The number of halogens is 2. The van der Waals surface area contributed by atoms with Gasteiger partial charge < -0.3 is 16.0 Å². The number of nitrogens with two attached hydrogens (primary N) is 1. The maximum Gasteiger partial charge on any atom is 0.240 e. The molecule has 1 amide bonds. The fourth-order valence-corrected chi connectivity index (χ4v) is 2.76. The van der Waals surface area contributed by atoms with Crippen molar-refractivity contribution in [3.63, 3.8) is 0 Å². The topological polar surface area (TPSA) is 58.4 Å². The third-order valence-electron chi connectivity index (χ3n) is 3.26. The van der Waals surface area contributed by atoms with Gasteiger partial charge in [0.05, 0.1) is 5.02 Å². The summed E-state index contributed by atoms with van der Waals surface area (Å²) in [5.41, 5.74) is 5.97. The normalized spacial score (nSPS) is 18.7. The van der Waals surface area contributed by atoms with Gasteiger partial charge in [-0.1, -0.05) is 11.6 Å². The van der Waals surface area contributed by atoms with E-state index in [1.807, 2.05) is 0 Å². The van der Waals surface area contributed by atoms with Gasteiger partial charge in [0.15, 0.2) is 5.11 Å². The minimum Gasteiger partial charge on any atom is -0.368 e. The standard InChI is InChI=1S/C13H15ClFN3OS/c14-9-7-8(4-5-10(9)15)17-13(20)18-6-2-1-3-11(18)12(16)19/h4-5,7,11H,1-3,6H2,(H2,16,19)(H,17,20)/t11-/m0/s1. The summed E-state index contributed by atoms with van der Waals surface area (Å²) in [5.74, 6) is -0.873. The minimum absolute atomic E-state index is 0.0166. The van der Waals surface area contributed by atoms with Crippen molar-refractivity contribution in [2.24, 2.45) is 5.73 Å². The van der Waals surface area contributed by atoms with Crippen LogP contribution < -0.4 is 11.1 Å². The van der Waals surface area contributed by atoms with Gasteiger partial charge in [0.25, 0.3) is 0 Å². The Balaban J connectivity index is 2.09. The lowest BCUT2D eigenvalue weighted by atomic mass is 10.0. The molecule has 1 aliphatic rings. The number of amides is 1. The quantitative estimate of drug-likeness (QED) is 0.823. The van der Waals surface area contributed by atoms with Crippen molar-refractivity contribution in [3.05, 3.63) is 29.0 Å². The van der Waals surface area contributed by atoms with Gasteiger partial charge in [-0.2, -0.15) is 0 Å². The number of nitrogens with one attached hydrogen (secondary N) is 1. The number of hydrogen-bond acceptors (Lipinski definition) is 2. The Morgan fingerprint density at radius 2 is 2.25 bits per heavy atom. The van der Waals surface area contributed by atoms with Crippen molar-refractivity contribution in [2.45, 2.75) is 25.3 Å². The Kier molecular flexibility index (Phi) is 4.77. The molecule has 1 atom stereocenters. The van der Waals surface area contributed by atoms with E-state index in [0.29, 0.717) is 23.8 Å². The van der Waals surface area contributed by atoms with Crippen molar-refractivity contribution < 1.29 is 9.18 Å². The lowest BCUT2D eigenvalue weighted by Crippen LogP contribution is -2.51. The lowest BCUT2D eigenvalue weighted by molar-refractivity contribution is -0.122. The zero-order valence-corrected chi connectivity index (χ0v) is 12.3. The van der Waals surface area contributed by atoms with E-state index in [9.17, 15) is 9.18 Å². The molecule has 0 unspecified atom stereocenters. The summed E-state index contributed by atoms with van der Waals surface area (Å²) in [6.07, 6.45) is 2.60. The number of piperidine rings is 1. The molecule has 108 valence electrons. The van der Waals surface area contributed by atoms with Crippen molar-refractivity contribution >= 4 is 40.5 Å². The number of primary amides is 1. The molecule has 20 heavy (non-hydrogen) atoms. The molecule has 7 heteroatoms. The molecule has 1 aromatic carbocycles. The first-order valence-electron chi connectivity index (χ1n) is 6.31. The molecule has 0 bridgehead atoms. The van der Waals surface area contributed by atoms with Crippen LogP contribution >= 0.6 is 23.8 Å². The molecule has 0 radical (unpaired) electrons. The van der Waals surface area contributed by atoms with E-state index in [1.165, 1.54) is 18.2 Å². The smallest absolute Gasteiger partial charge is 0.240 e. The first-order chi connectivity index (χ1) is 9.49. The van der Waals surface area contributed by atoms with Crippen LogP contribution in [-0.4, -0.2) is 28.5 Å². The highest BCUT2D eigenvalue weighted by Crippen LogP contribution is 2.22. The predicted octanol–water partition coefficient (Wildman–Crippen LogP) is 2.52. The third-order valence-corrected chi connectivity index (χ3v) is 3.89. The average molecular weight is 316 g/mol. The zero-order valence-electron chi connectivity index (χ0n) is 10.7. The van der Waals surface area contributed by atoms with Crippen LogP contribution in [0, 0.1) is 5.82 Å². The van der Waals surface area contributed by atoms with Gasteiger partial charge in [-0.05, 0) is 49.7 Å². The van der Waals surface area contributed by atoms with Crippen LogP contribution in [0.4, 0.5) is 10.1 Å². The van der Waals surface area contributed by atoms with Gasteiger partial charge in [0, 0.05) is 12.2 Å². The Labute approximate surface area is 127 Å². The van der Waals surface area contributed by atoms with Gasteiger partial charge in [-0.3, -0.25) is 4.79 Å². The number of anilines is 1. The third kappa shape index (κ3) is 3.37. The summed E-state index contributed by atoms with van der Waals surface area (Å²) >= 11 is 11.0. The second-order valence-corrected chi connectivity index (χ2v) is 5.46. The Morgan fingerprint density at radius 3 is 2.90 bits per heavy atom. The van der Waals surface area contributed by atoms with Gasteiger partial charge in [-0.15, -0.1) is 0 Å². The highest BCUT2D eigenvalue weighted by molar-refractivity contribution is 7.80. The Hall–Kier alpha value is -1.40. The van der Waals surface area contributed by atoms with Crippen LogP contribution in [0.1, 0.15) is 19.3 Å². The summed E-state index contributed by atoms with van der Waals surface area (Å²) in [5, 5.41) is 3.38. The van der Waals surface area contributed by atoms with E-state index >= 15 is 0 Å². The van der Waals surface area contributed by atoms with E-state index in [4.69, 9.17) is 29.6 Å². The van der Waals surface area contributed by atoms with Gasteiger partial charge in [0.1, 0.15) is 11.9 Å². The molecule has 2 rings (SSSR count). The van der Waals surface area contributed by atoms with Crippen molar-refractivity contribution in [1.29, 1.82) is 0 Å². The zero-order chi connectivity index (χ0) is 14.7. The highest BCUT2D eigenvalue weighted by Gasteiger charge is 2.28. The fourth-order valence-electron chi connectivity index (χ4n) is 2.24. The monoisotopic (exact) mass is 315 g/mol. The van der Waals surface area contributed by atoms with Crippen LogP contribution in [0.3, 0.4) is 0 Å². The molecule has 1 fully saturated rings. The van der Waals surface area contributed by atoms with Crippen LogP contribution in [0.15, 0.2) is 18.2 Å². The summed E-state index contributed by atoms with van der Waals surface area (Å²) in [4.78, 5) is 13.2. The molecule has 1 aromatic rings. The number of rotatable bonds is 2. The lowest BCUT2D eigenvalue weighted by Gasteiger charge is -2.35. The summed E-state index contributed by atoms with van der Waals surface area (Å²) in [7, 11) is 0. The van der Waals surface area contributed by atoms with Crippen molar-refractivity contribution in [2.75, 3.05) is 11.9 Å². The average Bonchev–Trinajstić information content (AvgIpc) is 2.43. The summed E-state index contributed by atoms with van der Waals surface area (Å²) < 4.78 is 13.1. The number of hydrogen-bond donors (Lipinski definition) is 2.